The van der Waals surface area contributed by atoms with Crippen LogP contribution in [0.1, 0.15) is 0 Å². The van der Waals surface area contributed by atoms with Gasteiger partial charge in [-0.05, 0) is 35.4 Å². The van der Waals surface area contributed by atoms with Gasteiger partial charge in [-0.3, -0.25) is 8.37 Å². The molecule has 95 heavy (non-hydrogen) atoms. The van der Waals surface area contributed by atoms with Crippen LogP contribution in [0.25, 0.3) is 11.1 Å². The van der Waals surface area contributed by atoms with Crippen molar-refractivity contribution in [1.82, 2.24) is 0 Å². The molecule has 16 saturated heterocycles. The molecule has 21 unspecified atom stereocenters. The van der Waals surface area contributed by atoms with Gasteiger partial charge in [0.25, 0.3) is 20.2 Å². The van der Waals surface area contributed by atoms with Crippen molar-refractivity contribution in [2.24, 2.45) is 0 Å². The summed E-state index contributed by atoms with van der Waals surface area (Å²) in [6.45, 7) is -8.14. The molecule has 16 fully saturated rings. The van der Waals surface area contributed by atoms with Gasteiger partial charge in [-0.15, -0.1) is 0 Å². The smallest absolute Gasteiger partial charge is 0.297 e. The van der Waals surface area contributed by atoms with E-state index in [0.717, 1.165) is 24.3 Å². The highest BCUT2D eigenvalue weighted by molar-refractivity contribution is 7.87. The molecular formula is C54H76O39S2. The zero-order valence-corrected chi connectivity index (χ0v) is 50.9. The summed E-state index contributed by atoms with van der Waals surface area (Å²) in [5, 5.41) is 216. The van der Waals surface area contributed by atoms with Gasteiger partial charge < -0.3 is 163 Å². The normalized spacial score (nSPS) is 49.1. The Balaban J connectivity index is 1.00. The zero-order valence-electron chi connectivity index (χ0n) is 49.3. The highest BCUT2D eigenvalue weighted by Gasteiger charge is 2.60. The second kappa shape index (κ2) is 29.9. The number of hydrogen-bond donors (Lipinski definition) is 19. The molecule has 35 atom stereocenters. The van der Waals surface area contributed by atoms with E-state index in [9.17, 15) is 114 Å². The van der Waals surface area contributed by atoms with Crippen LogP contribution in [-0.4, -0.2) is 375 Å². The predicted octanol–water partition coefficient (Wildman–Crippen LogP) is -12.4. The van der Waals surface area contributed by atoms with Crippen LogP contribution >= 0.6 is 0 Å². The molecule has 20 bridgehead atoms. The van der Waals surface area contributed by atoms with Gasteiger partial charge in [-0.1, -0.05) is 24.3 Å². The van der Waals surface area contributed by atoms with Crippen LogP contribution in [0.15, 0.2) is 58.3 Å². The fourth-order valence-corrected chi connectivity index (χ4v) is 14.3. The lowest BCUT2D eigenvalue weighted by atomic mass is 9.95. The van der Waals surface area contributed by atoms with Gasteiger partial charge in [0, 0.05) is 0 Å². The minimum Gasteiger partial charge on any atom is -0.394 e. The van der Waals surface area contributed by atoms with E-state index in [1.807, 2.05) is 0 Å². The van der Waals surface area contributed by atoms with Gasteiger partial charge in [0.1, 0.15) is 171 Å². The van der Waals surface area contributed by atoms with E-state index >= 15 is 0 Å². The van der Waals surface area contributed by atoms with E-state index < -0.39 is 291 Å². The molecule has 30 aliphatic heterocycles. The van der Waals surface area contributed by atoms with Gasteiger partial charge in [0.15, 0.2) is 44.0 Å². The molecule has 0 radical (unpaired) electrons. The number of hydrogen-bond acceptors (Lipinski definition) is 39. The molecule has 19 N–H and O–H groups in total. The predicted molar refractivity (Wildman–Crippen MR) is 292 cm³/mol. The second-order valence-corrected chi connectivity index (χ2v) is 27.0. The summed E-state index contributed by atoms with van der Waals surface area (Å²) >= 11 is 0. The topological polar surface area (TPSA) is 600 Å². The largest absolute Gasteiger partial charge is 0.394 e. The second-order valence-electron chi connectivity index (χ2n) is 23.8. The molecule has 2 aromatic carbocycles. The Morgan fingerprint density at radius 3 is 0.663 bits per heavy atom. The van der Waals surface area contributed by atoms with Crippen molar-refractivity contribution >= 4 is 20.2 Å². The van der Waals surface area contributed by atoms with Gasteiger partial charge in [-0.2, -0.15) is 16.8 Å². The molecule has 0 saturated carbocycles. The number of aliphatic hydroxyl groups is 19. The number of rotatable bonds is 5. The van der Waals surface area contributed by atoms with Gasteiger partial charge in [0.2, 0.25) is 0 Å². The Labute approximate surface area is 537 Å². The maximum absolute atomic E-state index is 14.0. The lowest BCUT2D eigenvalue weighted by molar-refractivity contribution is -0.396. The third-order valence-electron chi connectivity index (χ3n) is 17.8. The minimum atomic E-state index is -4.95. The van der Waals surface area contributed by atoms with E-state index in [-0.39, 0.29) is 11.1 Å². The maximum Gasteiger partial charge on any atom is 0.297 e. The molecule has 39 nitrogen and oxygen atoms in total. The van der Waals surface area contributed by atoms with E-state index in [0.29, 0.717) is 0 Å². The van der Waals surface area contributed by atoms with E-state index in [2.05, 4.69) is 0 Å². The van der Waals surface area contributed by atoms with Crippen LogP contribution in [-0.2, 0) is 94.9 Å². The lowest BCUT2D eigenvalue weighted by Gasteiger charge is -2.50. The molecule has 41 heteroatoms. The third kappa shape index (κ3) is 14.5. The van der Waals surface area contributed by atoms with E-state index in [1.165, 1.54) is 24.3 Å². The number of benzene rings is 2. The average molecular weight is 1410 g/mol. The Bertz CT molecular complexity index is 3060. The molecule has 32 rings (SSSR count). The van der Waals surface area contributed by atoms with Crippen LogP contribution in [0, 0.1) is 0 Å². The molecule has 538 valence electrons. The highest BCUT2D eigenvalue weighted by Crippen LogP contribution is 2.40. The molecule has 2 aromatic rings. The third-order valence-corrected chi connectivity index (χ3v) is 20.4. The van der Waals surface area contributed by atoms with Crippen LogP contribution in [0.5, 0.6) is 0 Å². The molecular weight excluding hydrogens is 1340 g/mol. The van der Waals surface area contributed by atoms with Crippen LogP contribution < -0.4 is 0 Å². The van der Waals surface area contributed by atoms with Crippen molar-refractivity contribution in [2.75, 3.05) is 46.2 Å². The van der Waals surface area contributed by atoms with Crippen molar-refractivity contribution in [3.63, 3.8) is 0 Å². The van der Waals surface area contributed by atoms with E-state index in [4.69, 9.17) is 74.7 Å². The fourth-order valence-electron chi connectivity index (χ4n) is 12.5. The Morgan fingerprint density at radius 2 is 0.453 bits per heavy atom. The summed E-state index contributed by atoms with van der Waals surface area (Å²) in [5.41, 5.74) is 0.555. The van der Waals surface area contributed by atoms with Crippen molar-refractivity contribution in [2.45, 2.75) is 225 Å². The summed E-state index contributed by atoms with van der Waals surface area (Å²) in [4.78, 5) is -1.07. The van der Waals surface area contributed by atoms with E-state index in [1.54, 1.807) is 0 Å². The standard InChI is InChI=1S/C54H76O39S2/c55-9-20-41-27(60)34(67)48(80-20)88-42-21(10-56)83-51(37(70)30(42)63)92-46-25-14-78-94(74,75)18-5-1-16(2-6-18)17-3-7-19(8-4-17)95(76,77)79-15-26-47(32(65)39(72)53(85-26)90-44-23(12-58)81-49(87-41)35(68)28(44)61)93-52-38(71)31(64)43(22(11-57)84-52)89-50-36(69)29(62)45(24(13-59)82-50)91-54(86-25)40(73)33(46)66/h1-8,20-73H,9-15H2/t20?,21?,22?,23?,24?,25?,26?,27?,28?,29?,30?,31?,32?,33?,34?,35?,36?,37?,38?,39?,40?,41-,42-,43-,44-,45-,46-,47-,48-,49-,50-,51-,52-,53-,54-/m1/s1. The first-order chi connectivity index (χ1) is 45.1. The van der Waals surface area contributed by atoms with Crippen molar-refractivity contribution in [3.8, 4) is 11.1 Å². The van der Waals surface area contributed by atoms with Crippen molar-refractivity contribution < 1.29 is 189 Å². The van der Waals surface area contributed by atoms with Crippen LogP contribution in [0.4, 0.5) is 0 Å². The highest BCUT2D eigenvalue weighted by atomic mass is 32.2. The summed E-state index contributed by atoms with van der Waals surface area (Å²) in [6.07, 6.45) is -76.0. The first-order valence-electron chi connectivity index (χ1n) is 29.9. The van der Waals surface area contributed by atoms with Crippen LogP contribution in [0.3, 0.4) is 0 Å². The number of aliphatic hydroxyl groups excluding tert-OH is 19. The van der Waals surface area contributed by atoms with Gasteiger partial charge >= 0.3 is 0 Å². The van der Waals surface area contributed by atoms with Gasteiger partial charge in [0.05, 0.1) is 56.0 Å². The monoisotopic (exact) mass is 1410 g/mol. The quantitative estimate of drug-likeness (QED) is 0.124. The first kappa shape index (κ1) is 73.2. The Hall–Kier alpha value is -3.06. The molecule has 0 spiro atoms. The Kier molecular flexibility index (Phi) is 23.0. The molecule has 0 aliphatic carbocycles. The summed E-state index contributed by atoms with van der Waals surface area (Å²) in [5.74, 6) is 0. The summed E-state index contributed by atoms with van der Waals surface area (Å²) in [7, 11) is -9.89. The van der Waals surface area contributed by atoms with Crippen molar-refractivity contribution in [3.05, 3.63) is 48.5 Å². The SMILES string of the molecule is O=S1(=O)OCC2O[C@@H]3O[C@@H]4C(CO)O[C@H](O[C@@H]5C(CO)O[C@H](O[C@@H]6C(COS(=O)(=O)c7ccc(cc7)-c7ccc1cc7)O[C@H](O[C@@H]1C(CO)O[C@H](O[C@@H]7C(CO)O[C@H](O[C@@H]8C(CO)O[C@H](O[C@H]2C(O)C3O)C(O)C8O)C(O)C7O)C(O)C1O)C(O)C6O)C(O)C5O)C(O)C4O. The molecule has 30 heterocycles. The average Bonchev–Trinajstić information content (AvgIpc) is 0.806. The lowest BCUT2D eigenvalue weighted by Crippen LogP contribution is -2.68. The molecule has 30 aliphatic rings. The van der Waals surface area contributed by atoms with Crippen LogP contribution in [0.2, 0.25) is 0 Å². The zero-order chi connectivity index (χ0) is 68.4. The van der Waals surface area contributed by atoms with Gasteiger partial charge in [-0.25, -0.2) is 0 Å². The maximum atomic E-state index is 14.0. The summed E-state index contributed by atoms with van der Waals surface area (Å²) < 4.78 is 149. The Morgan fingerprint density at radius 1 is 0.263 bits per heavy atom. The summed E-state index contributed by atoms with van der Waals surface area (Å²) in [6, 6.07) is 9.40. The minimum absolute atomic E-state index is 0.277. The molecule has 0 aromatic heterocycles. The first-order valence-corrected chi connectivity index (χ1v) is 32.7. The van der Waals surface area contributed by atoms with Crippen molar-refractivity contribution in [1.29, 1.82) is 0 Å². The fraction of sp³-hybridized carbons (Fsp3) is 0.778. The molecule has 0 amide bonds. The number of ether oxygens (including phenoxy) is 14.